The van der Waals surface area contributed by atoms with Crippen molar-refractivity contribution >= 4 is 21.9 Å². The second kappa shape index (κ2) is 9.88. The van der Waals surface area contributed by atoms with E-state index in [2.05, 4.69) is 36.5 Å². The third-order valence-corrected chi connectivity index (χ3v) is 5.52. The maximum atomic E-state index is 11.6. The van der Waals surface area contributed by atoms with Gasteiger partial charge in [-0.05, 0) is 50.6 Å². The van der Waals surface area contributed by atoms with Crippen molar-refractivity contribution in [3.63, 3.8) is 0 Å². The Balaban J connectivity index is 1.45. The van der Waals surface area contributed by atoms with E-state index in [1.165, 1.54) is 37.9 Å². The minimum absolute atomic E-state index is 0.269. The molecule has 0 unspecified atom stereocenters. The molecule has 2 aliphatic heterocycles. The Hall–Kier alpha value is -2.13. The van der Waals surface area contributed by atoms with Gasteiger partial charge in [0.2, 0.25) is 0 Å². The molecule has 2 heterocycles. The van der Waals surface area contributed by atoms with Crippen LogP contribution in [0, 0.1) is 0 Å². The van der Waals surface area contributed by atoms with Crippen LogP contribution in [0.25, 0.3) is 0 Å². The molecule has 2 aliphatic rings. The summed E-state index contributed by atoms with van der Waals surface area (Å²) in [6.07, 6.45) is 4.60. The van der Waals surface area contributed by atoms with Crippen LogP contribution < -0.4 is 14.2 Å². The van der Waals surface area contributed by atoms with E-state index in [4.69, 9.17) is 4.74 Å². The summed E-state index contributed by atoms with van der Waals surface area (Å²) >= 11 is 0. The summed E-state index contributed by atoms with van der Waals surface area (Å²) in [4.78, 5) is 10.9. The van der Waals surface area contributed by atoms with E-state index < -0.39 is 10.2 Å². The monoisotopic (exact) mass is 407 g/mol. The molecule has 0 radical (unpaired) electrons. The average molecular weight is 408 g/mol. The number of ether oxygens (including phenoxy) is 1. The predicted octanol–water partition coefficient (Wildman–Crippen LogP) is 1.70. The Morgan fingerprint density at radius 2 is 1.86 bits per heavy atom. The first-order valence-corrected chi connectivity index (χ1v) is 11.4. The Labute approximate surface area is 167 Å². The Kier molecular flexibility index (Phi) is 7.27. The zero-order valence-corrected chi connectivity index (χ0v) is 17.2. The van der Waals surface area contributed by atoms with E-state index in [1.807, 2.05) is 19.1 Å². The highest BCUT2D eigenvalue weighted by atomic mass is 32.2. The van der Waals surface area contributed by atoms with E-state index in [0.717, 1.165) is 12.3 Å². The topological polar surface area (TPSA) is 95.4 Å². The SMILES string of the molecule is CCN=C1NS(=O)(=O)NC1=NCCCOc1cccc(CN2CCCCC2)c1. The summed E-state index contributed by atoms with van der Waals surface area (Å²) in [5.41, 5.74) is 1.27. The predicted molar refractivity (Wildman–Crippen MR) is 111 cm³/mol. The van der Waals surface area contributed by atoms with Crippen molar-refractivity contribution < 1.29 is 13.2 Å². The molecule has 2 saturated heterocycles. The number of nitrogens with one attached hydrogen (secondary N) is 2. The Morgan fingerprint density at radius 3 is 2.61 bits per heavy atom. The zero-order valence-electron chi connectivity index (χ0n) is 16.4. The van der Waals surface area contributed by atoms with Crippen LogP contribution >= 0.6 is 0 Å². The van der Waals surface area contributed by atoms with Gasteiger partial charge in [0.15, 0.2) is 11.7 Å². The molecule has 0 amide bonds. The Morgan fingerprint density at radius 1 is 1.11 bits per heavy atom. The lowest BCUT2D eigenvalue weighted by molar-refractivity contribution is 0.220. The molecule has 0 bridgehead atoms. The molecule has 28 heavy (non-hydrogen) atoms. The van der Waals surface area contributed by atoms with Gasteiger partial charge >= 0.3 is 10.2 Å². The standard InChI is InChI=1S/C19H29N5O3S/c1-2-20-18-19(23-28(25,26)22-18)21-10-7-13-27-17-9-6-8-16(14-17)15-24-11-4-3-5-12-24/h6,8-9,14H,2-5,7,10-13,15H2,1H3,(H,20,22)(H,21,23). The van der Waals surface area contributed by atoms with Gasteiger partial charge in [0.1, 0.15) is 5.75 Å². The number of piperidine rings is 1. The van der Waals surface area contributed by atoms with Crippen molar-refractivity contribution in [2.24, 2.45) is 9.98 Å². The van der Waals surface area contributed by atoms with Gasteiger partial charge in [0.25, 0.3) is 0 Å². The van der Waals surface area contributed by atoms with E-state index >= 15 is 0 Å². The smallest absolute Gasteiger partial charge is 0.324 e. The molecule has 0 atom stereocenters. The highest BCUT2D eigenvalue weighted by molar-refractivity contribution is 7.89. The van der Waals surface area contributed by atoms with Gasteiger partial charge in [-0.25, -0.2) is 9.44 Å². The minimum Gasteiger partial charge on any atom is -0.494 e. The normalized spacial score (nSPS) is 22.2. The van der Waals surface area contributed by atoms with Crippen LogP contribution in [0.15, 0.2) is 34.3 Å². The number of likely N-dealkylation sites (tertiary alicyclic amines) is 1. The molecule has 1 aromatic carbocycles. The second-order valence-electron chi connectivity index (χ2n) is 6.95. The first kappa shape index (κ1) is 20.6. The highest BCUT2D eigenvalue weighted by Crippen LogP contribution is 2.17. The van der Waals surface area contributed by atoms with Crippen LogP contribution in [0.5, 0.6) is 5.75 Å². The van der Waals surface area contributed by atoms with Crippen molar-refractivity contribution in [2.45, 2.75) is 39.2 Å². The number of hydrogen-bond acceptors (Lipinski definition) is 6. The zero-order chi connectivity index (χ0) is 19.8. The first-order chi connectivity index (χ1) is 13.6. The molecule has 2 N–H and O–H groups in total. The fourth-order valence-electron chi connectivity index (χ4n) is 3.30. The second-order valence-corrected chi connectivity index (χ2v) is 8.36. The quantitative estimate of drug-likeness (QED) is 0.641. The largest absolute Gasteiger partial charge is 0.494 e. The van der Waals surface area contributed by atoms with Gasteiger partial charge in [-0.1, -0.05) is 18.6 Å². The van der Waals surface area contributed by atoms with E-state index in [1.54, 1.807) is 0 Å². The number of aliphatic imine (C=N–C) groups is 2. The molecule has 0 saturated carbocycles. The number of hydrogen-bond donors (Lipinski definition) is 2. The lowest BCUT2D eigenvalue weighted by Gasteiger charge is -2.26. The first-order valence-electron chi connectivity index (χ1n) is 9.89. The van der Waals surface area contributed by atoms with Crippen molar-refractivity contribution in [1.29, 1.82) is 0 Å². The molecule has 1 aromatic rings. The molecule has 3 rings (SSSR count). The fourth-order valence-corrected chi connectivity index (χ4v) is 4.19. The van der Waals surface area contributed by atoms with E-state index in [-0.39, 0.29) is 11.7 Å². The molecular formula is C19H29N5O3S. The molecule has 2 fully saturated rings. The Bertz CT molecular complexity index is 817. The summed E-state index contributed by atoms with van der Waals surface area (Å²) in [6, 6.07) is 8.23. The maximum Gasteiger partial charge on any atom is 0.324 e. The third kappa shape index (κ3) is 6.20. The molecule has 0 aromatic heterocycles. The summed E-state index contributed by atoms with van der Waals surface area (Å²) in [7, 11) is -3.57. The molecule has 0 aliphatic carbocycles. The van der Waals surface area contributed by atoms with Crippen LogP contribution in [0.2, 0.25) is 0 Å². The van der Waals surface area contributed by atoms with Gasteiger partial charge in [-0.2, -0.15) is 8.42 Å². The molecular weight excluding hydrogens is 378 g/mol. The number of benzene rings is 1. The summed E-state index contributed by atoms with van der Waals surface area (Å²) in [5, 5.41) is 0. The molecule has 0 spiro atoms. The van der Waals surface area contributed by atoms with Gasteiger partial charge in [0.05, 0.1) is 6.61 Å². The molecule has 154 valence electrons. The van der Waals surface area contributed by atoms with E-state index in [9.17, 15) is 8.42 Å². The minimum atomic E-state index is -3.57. The van der Waals surface area contributed by atoms with Crippen LogP contribution in [0.4, 0.5) is 0 Å². The molecule has 8 nitrogen and oxygen atoms in total. The van der Waals surface area contributed by atoms with Crippen molar-refractivity contribution in [1.82, 2.24) is 14.3 Å². The summed E-state index contributed by atoms with van der Waals surface area (Å²) in [6.45, 7) is 6.61. The van der Waals surface area contributed by atoms with Crippen molar-refractivity contribution in [3.8, 4) is 5.75 Å². The highest BCUT2D eigenvalue weighted by Gasteiger charge is 2.27. The van der Waals surface area contributed by atoms with Crippen LogP contribution in [0.1, 0.15) is 38.2 Å². The lowest BCUT2D eigenvalue weighted by atomic mass is 10.1. The van der Waals surface area contributed by atoms with Crippen molar-refractivity contribution in [3.05, 3.63) is 29.8 Å². The summed E-state index contributed by atoms with van der Waals surface area (Å²) < 4.78 is 33.7. The number of amidine groups is 2. The number of nitrogens with zero attached hydrogens (tertiary/aromatic N) is 3. The molecule has 9 heteroatoms. The number of rotatable bonds is 8. The summed E-state index contributed by atoms with van der Waals surface area (Å²) in [5.74, 6) is 1.40. The van der Waals surface area contributed by atoms with Gasteiger partial charge in [0, 0.05) is 26.1 Å². The van der Waals surface area contributed by atoms with E-state index in [0.29, 0.717) is 26.1 Å². The van der Waals surface area contributed by atoms with Crippen LogP contribution in [-0.4, -0.2) is 57.8 Å². The van der Waals surface area contributed by atoms with Crippen LogP contribution in [0.3, 0.4) is 0 Å². The van der Waals surface area contributed by atoms with Crippen molar-refractivity contribution in [2.75, 3.05) is 32.8 Å². The average Bonchev–Trinajstić information content (AvgIpc) is 2.96. The van der Waals surface area contributed by atoms with Crippen LogP contribution in [-0.2, 0) is 16.8 Å². The lowest BCUT2D eigenvalue weighted by Crippen LogP contribution is -2.29. The fraction of sp³-hybridized carbons (Fsp3) is 0.579. The maximum absolute atomic E-state index is 11.6. The van der Waals surface area contributed by atoms with Gasteiger partial charge in [-0.15, -0.1) is 0 Å². The van der Waals surface area contributed by atoms with Gasteiger partial charge in [-0.3, -0.25) is 14.9 Å². The third-order valence-electron chi connectivity index (χ3n) is 4.60. The van der Waals surface area contributed by atoms with Gasteiger partial charge < -0.3 is 4.74 Å².